The fraction of sp³-hybridized carbons (Fsp3) is 0.308. The molecule has 0 aliphatic heterocycles. The largest absolute Gasteiger partial charge is 0.370 e. The van der Waals surface area contributed by atoms with Crippen molar-refractivity contribution in [3.8, 4) is 0 Å². The van der Waals surface area contributed by atoms with Crippen molar-refractivity contribution in [2.75, 3.05) is 13.1 Å². The zero-order valence-corrected chi connectivity index (χ0v) is 9.93. The van der Waals surface area contributed by atoms with Crippen LogP contribution in [0.4, 0.5) is 0 Å². The lowest BCUT2D eigenvalue weighted by molar-refractivity contribution is -0.127. The molecule has 0 aliphatic carbocycles. The summed E-state index contributed by atoms with van der Waals surface area (Å²) in [7, 11) is 0. The molecule has 0 heterocycles. The van der Waals surface area contributed by atoms with Crippen molar-refractivity contribution in [3.63, 3.8) is 0 Å². The number of hydrogen-bond donors (Lipinski definition) is 1. The smallest absolute Gasteiger partial charge is 0.231 e. The number of nitrogens with two attached hydrogens (primary N) is 1. The summed E-state index contributed by atoms with van der Waals surface area (Å²) in [6.07, 6.45) is 1.76. The molecule has 1 radical (unpaired) electrons. The molecule has 4 heteroatoms. The molecule has 0 spiro atoms. The predicted octanol–water partition coefficient (Wildman–Crippen LogP) is 0.963. The normalized spacial score (nSPS) is 9.94. The number of nitrogens with zero attached hydrogens (tertiary/aromatic N) is 1. The number of hydrogen-bond acceptors (Lipinski definition) is 2. The Hall–Kier alpha value is -1.84. The van der Waals surface area contributed by atoms with E-state index in [2.05, 4.69) is 0 Å². The molecule has 17 heavy (non-hydrogen) atoms. The third kappa shape index (κ3) is 4.68. The Balaban J connectivity index is 2.52. The SMILES string of the molecule is CCN(CCC(N)=O)C(=O)[CH]c1ccccc1. The van der Waals surface area contributed by atoms with E-state index in [9.17, 15) is 9.59 Å². The van der Waals surface area contributed by atoms with Gasteiger partial charge in [0.1, 0.15) is 0 Å². The number of likely N-dealkylation sites (N-methyl/N-ethyl adjacent to an activating group) is 1. The molecule has 0 aliphatic rings. The first kappa shape index (κ1) is 13.2. The summed E-state index contributed by atoms with van der Waals surface area (Å²) in [5, 5.41) is 0. The maximum Gasteiger partial charge on any atom is 0.231 e. The van der Waals surface area contributed by atoms with Gasteiger partial charge in [0, 0.05) is 19.5 Å². The highest BCUT2D eigenvalue weighted by molar-refractivity contribution is 5.88. The summed E-state index contributed by atoms with van der Waals surface area (Å²) in [4.78, 5) is 24.1. The fourth-order valence-corrected chi connectivity index (χ4v) is 1.45. The van der Waals surface area contributed by atoms with Crippen LogP contribution in [0.15, 0.2) is 30.3 Å². The van der Waals surface area contributed by atoms with Crippen LogP contribution in [0, 0.1) is 6.42 Å². The van der Waals surface area contributed by atoms with Crippen molar-refractivity contribution < 1.29 is 9.59 Å². The highest BCUT2D eigenvalue weighted by atomic mass is 16.2. The minimum atomic E-state index is -0.393. The Labute approximate surface area is 101 Å². The molecule has 0 aromatic heterocycles. The van der Waals surface area contributed by atoms with E-state index in [-0.39, 0.29) is 12.3 Å². The number of amides is 2. The first-order chi connectivity index (χ1) is 8.13. The van der Waals surface area contributed by atoms with Crippen molar-refractivity contribution in [2.24, 2.45) is 5.73 Å². The van der Waals surface area contributed by atoms with Crippen LogP contribution < -0.4 is 5.73 Å². The monoisotopic (exact) mass is 233 g/mol. The van der Waals surface area contributed by atoms with Gasteiger partial charge < -0.3 is 10.6 Å². The van der Waals surface area contributed by atoms with E-state index in [1.165, 1.54) is 0 Å². The summed E-state index contributed by atoms with van der Waals surface area (Å²) in [6, 6.07) is 9.36. The summed E-state index contributed by atoms with van der Waals surface area (Å²) in [6.45, 7) is 2.81. The fourth-order valence-electron chi connectivity index (χ4n) is 1.45. The lowest BCUT2D eigenvalue weighted by atomic mass is 10.1. The Morgan fingerprint density at radius 3 is 2.47 bits per heavy atom. The molecule has 0 bridgehead atoms. The quantitative estimate of drug-likeness (QED) is 0.795. The third-order valence-corrected chi connectivity index (χ3v) is 2.41. The van der Waals surface area contributed by atoms with E-state index in [0.29, 0.717) is 13.1 Å². The van der Waals surface area contributed by atoms with Crippen LogP contribution in [0.1, 0.15) is 18.9 Å². The van der Waals surface area contributed by atoms with E-state index >= 15 is 0 Å². The Kier molecular flexibility index (Phi) is 5.20. The summed E-state index contributed by atoms with van der Waals surface area (Å²) in [5.41, 5.74) is 5.92. The molecule has 4 nitrogen and oxygen atoms in total. The Bertz CT molecular complexity index is 376. The van der Waals surface area contributed by atoms with Crippen molar-refractivity contribution in [2.45, 2.75) is 13.3 Å². The van der Waals surface area contributed by atoms with Crippen LogP contribution in [0.3, 0.4) is 0 Å². The van der Waals surface area contributed by atoms with Gasteiger partial charge in [-0.2, -0.15) is 0 Å². The Morgan fingerprint density at radius 1 is 1.29 bits per heavy atom. The van der Waals surface area contributed by atoms with Crippen LogP contribution >= 0.6 is 0 Å². The maximum absolute atomic E-state index is 11.9. The number of rotatable bonds is 6. The molecule has 0 saturated carbocycles. The predicted molar refractivity (Wildman–Crippen MR) is 65.9 cm³/mol. The topological polar surface area (TPSA) is 63.4 Å². The summed E-state index contributed by atoms with van der Waals surface area (Å²) >= 11 is 0. The van der Waals surface area contributed by atoms with E-state index < -0.39 is 5.91 Å². The average molecular weight is 233 g/mol. The first-order valence-corrected chi connectivity index (χ1v) is 5.60. The highest BCUT2D eigenvalue weighted by Gasteiger charge is 2.13. The second kappa shape index (κ2) is 6.68. The van der Waals surface area contributed by atoms with Crippen LogP contribution in [-0.4, -0.2) is 29.8 Å². The lowest BCUT2D eigenvalue weighted by Gasteiger charge is -2.19. The van der Waals surface area contributed by atoms with Crippen LogP contribution in [0.2, 0.25) is 0 Å². The standard InChI is InChI=1S/C13H17N2O2/c1-2-15(9-8-12(14)16)13(17)10-11-6-4-3-5-7-11/h3-7,10H,2,8-9H2,1H3,(H2,14,16). The molecule has 0 atom stereocenters. The summed E-state index contributed by atoms with van der Waals surface area (Å²) < 4.78 is 0. The third-order valence-electron chi connectivity index (χ3n) is 2.41. The minimum Gasteiger partial charge on any atom is -0.370 e. The van der Waals surface area contributed by atoms with Gasteiger partial charge in [-0.05, 0) is 12.5 Å². The zero-order valence-electron chi connectivity index (χ0n) is 9.93. The van der Waals surface area contributed by atoms with Crippen molar-refractivity contribution in [1.82, 2.24) is 4.90 Å². The van der Waals surface area contributed by atoms with Gasteiger partial charge >= 0.3 is 0 Å². The molecule has 0 fully saturated rings. The molecule has 2 N–H and O–H groups in total. The average Bonchev–Trinajstić information content (AvgIpc) is 2.30. The van der Waals surface area contributed by atoms with Gasteiger partial charge in [-0.15, -0.1) is 0 Å². The molecule has 1 rings (SSSR count). The van der Waals surface area contributed by atoms with E-state index in [1.54, 1.807) is 11.3 Å². The molecular weight excluding hydrogens is 216 g/mol. The number of primary amides is 1. The molecule has 0 saturated heterocycles. The van der Waals surface area contributed by atoms with Gasteiger partial charge in [0.2, 0.25) is 11.8 Å². The second-order valence-corrected chi connectivity index (χ2v) is 3.69. The minimum absolute atomic E-state index is 0.0973. The lowest BCUT2D eigenvalue weighted by Crippen LogP contribution is -2.34. The van der Waals surface area contributed by atoms with Crippen LogP contribution in [-0.2, 0) is 9.59 Å². The maximum atomic E-state index is 11.9. The van der Waals surface area contributed by atoms with Gasteiger partial charge in [-0.3, -0.25) is 9.59 Å². The van der Waals surface area contributed by atoms with Crippen LogP contribution in [0.25, 0.3) is 0 Å². The highest BCUT2D eigenvalue weighted by Crippen LogP contribution is 2.05. The molecule has 1 aromatic rings. The second-order valence-electron chi connectivity index (χ2n) is 3.69. The molecule has 91 valence electrons. The van der Waals surface area contributed by atoms with E-state index in [4.69, 9.17) is 5.73 Å². The number of carbonyl (C=O) groups is 2. The van der Waals surface area contributed by atoms with Crippen LogP contribution in [0.5, 0.6) is 0 Å². The van der Waals surface area contributed by atoms with E-state index in [0.717, 1.165) is 5.56 Å². The molecular formula is C13H17N2O2. The van der Waals surface area contributed by atoms with Gasteiger partial charge in [0.25, 0.3) is 0 Å². The van der Waals surface area contributed by atoms with Gasteiger partial charge in [-0.1, -0.05) is 30.3 Å². The van der Waals surface area contributed by atoms with Gasteiger partial charge in [-0.25, -0.2) is 0 Å². The molecule has 2 amide bonds. The molecule has 0 unspecified atom stereocenters. The first-order valence-electron chi connectivity index (χ1n) is 5.60. The van der Waals surface area contributed by atoms with Gasteiger partial charge in [0.15, 0.2) is 0 Å². The van der Waals surface area contributed by atoms with Crippen molar-refractivity contribution in [3.05, 3.63) is 42.3 Å². The van der Waals surface area contributed by atoms with Crippen molar-refractivity contribution >= 4 is 11.8 Å². The summed E-state index contributed by atoms with van der Waals surface area (Å²) in [5.74, 6) is -0.490. The number of benzene rings is 1. The van der Waals surface area contributed by atoms with Gasteiger partial charge in [0.05, 0.1) is 6.42 Å². The Morgan fingerprint density at radius 2 is 1.94 bits per heavy atom. The van der Waals surface area contributed by atoms with Crippen molar-refractivity contribution in [1.29, 1.82) is 0 Å². The van der Waals surface area contributed by atoms with E-state index in [1.807, 2.05) is 37.3 Å². The number of carbonyl (C=O) groups excluding carboxylic acids is 2. The zero-order chi connectivity index (χ0) is 12.7. The molecule has 1 aromatic carbocycles.